The molecule has 152 valence electrons. The lowest BCUT2D eigenvalue weighted by Gasteiger charge is -2.14. The van der Waals surface area contributed by atoms with Crippen molar-refractivity contribution < 1.29 is 18.0 Å². The molecule has 1 rings (SSSR count). The Morgan fingerprint density at radius 2 is 1.71 bits per heavy atom. The lowest BCUT2D eigenvalue weighted by Crippen LogP contribution is -2.37. The highest BCUT2D eigenvalue weighted by Crippen LogP contribution is 2.21. The Morgan fingerprint density at radius 1 is 1.18 bits per heavy atom. The van der Waals surface area contributed by atoms with E-state index in [2.05, 4.69) is 37.0 Å². The highest BCUT2D eigenvalue weighted by Gasteiger charge is 2.38. The zero-order valence-corrected chi connectivity index (χ0v) is 16.1. The first-order valence-corrected chi connectivity index (χ1v) is 8.66. The van der Waals surface area contributed by atoms with Crippen LogP contribution in [-0.2, 0) is 11.2 Å². The van der Waals surface area contributed by atoms with Crippen LogP contribution in [0.3, 0.4) is 0 Å². The van der Waals surface area contributed by atoms with E-state index in [-0.39, 0.29) is 6.54 Å². The summed E-state index contributed by atoms with van der Waals surface area (Å²) in [6, 6.07) is 7.94. The van der Waals surface area contributed by atoms with Gasteiger partial charge in [-0.1, -0.05) is 50.3 Å². The normalized spacial score (nSPS) is 11.0. The van der Waals surface area contributed by atoms with E-state index >= 15 is 0 Å². The molecule has 0 aliphatic carbocycles. The number of alkyl halides is 3. The van der Waals surface area contributed by atoms with Crippen LogP contribution in [0.15, 0.2) is 42.5 Å². The molecule has 7 heteroatoms. The number of hydrogen-bond acceptors (Lipinski definition) is 3. The predicted octanol–water partition coefficient (Wildman–Crippen LogP) is 4.09. The van der Waals surface area contributed by atoms with Crippen LogP contribution >= 0.6 is 0 Å². The molecule has 1 aromatic carbocycles. The van der Waals surface area contributed by atoms with Gasteiger partial charge in [-0.2, -0.15) is 13.2 Å². The van der Waals surface area contributed by atoms with Crippen molar-refractivity contribution in [2.75, 3.05) is 13.1 Å². The SMILES string of the molecule is C#C.C=C(NCCNC(=O)/C(=C/C)C(=N)C(F)(F)F)c1ccc(CCC)cc1. The van der Waals surface area contributed by atoms with Gasteiger partial charge in [0.25, 0.3) is 5.91 Å². The van der Waals surface area contributed by atoms with Crippen LogP contribution in [0.5, 0.6) is 0 Å². The van der Waals surface area contributed by atoms with E-state index in [1.165, 1.54) is 12.5 Å². The minimum atomic E-state index is -4.85. The van der Waals surface area contributed by atoms with Crippen molar-refractivity contribution in [2.24, 2.45) is 0 Å². The van der Waals surface area contributed by atoms with E-state index in [4.69, 9.17) is 5.41 Å². The number of carbonyl (C=O) groups excluding carboxylic acids is 1. The van der Waals surface area contributed by atoms with Crippen LogP contribution in [-0.4, -0.2) is 30.9 Å². The topological polar surface area (TPSA) is 65.0 Å². The smallest absolute Gasteiger partial charge is 0.383 e. The van der Waals surface area contributed by atoms with Gasteiger partial charge in [0, 0.05) is 18.8 Å². The molecule has 0 radical (unpaired) electrons. The van der Waals surface area contributed by atoms with E-state index in [9.17, 15) is 18.0 Å². The summed E-state index contributed by atoms with van der Waals surface area (Å²) < 4.78 is 37.6. The van der Waals surface area contributed by atoms with Crippen molar-refractivity contribution in [3.05, 3.63) is 53.6 Å². The zero-order chi connectivity index (χ0) is 21.7. The first kappa shape index (κ1) is 25.0. The molecule has 0 saturated carbocycles. The standard InChI is InChI=1S/C19H24F3N3O.C2H2/c1-4-6-14-7-9-15(10-8-14)13(3)24-11-12-25-18(26)16(5-2)17(23)19(20,21)22;1-2/h5,7-10,23-24H,3-4,6,11-12H2,1-2H3,(H,25,26);1-2H/b16-5+,23-17?;. The van der Waals surface area contributed by atoms with Crippen LogP contribution < -0.4 is 10.6 Å². The van der Waals surface area contributed by atoms with Gasteiger partial charge >= 0.3 is 6.18 Å². The molecule has 0 heterocycles. The molecule has 0 spiro atoms. The fourth-order valence-corrected chi connectivity index (χ4v) is 2.29. The van der Waals surface area contributed by atoms with Gasteiger partial charge in [0.2, 0.25) is 0 Å². The maximum atomic E-state index is 12.5. The second-order valence-electron chi connectivity index (χ2n) is 5.68. The van der Waals surface area contributed by atoms with E-state index < -0.39 is 23.4 Å². The Balaban J connectivity index is 0.00000352. The quantitative estimate of drug-likeness (QED) is 0.256. The maximum absolute atomic E-state index is 12.5. The van der Waals surface area contributed by atoms with E-state index in [1.54, 1.807) is 0 Å². The number of hydrogen-bond donors (Lipinski definition) is 3. The van der Waals surface area contributed by atoms with Gasteiger partial charge in [0.05, 0.1) is 5.57 Å². The van der Waals surface area contributed by atoms with Crippen molar-refractivity contribution in [2.45, 2.75) is 32.9 Å². The van der Waals surface area contributed by atoms with Crippen molar-refractivity contribution in [3.63, 3.8) is 0 Å². The molecule has 1 aromatic rings. The fourth-order valence-electron chi connectivity index (χ4n) is 2.29. The number of aryl methyl sites for hydroxylation is 1. The van der Waals surface area contributed by atoms with Crippen LogP contribution in [0.1, 0.15) is 31.4 Å². The summed E-state index contributed by atoms with van der Waals surface area (Å²) in [5.74, 6) is -0.925. The predicted molar refractivity (Wildman–Crippen MR) is 108 cm³/mol. The number of nitrogens with one attached hydrogen (secondary N) is 3. The molecular formula is C21H26F3N3O. The molecule has 0 aliphatic heterocycles. The average Bonchev–Trinajstić information content (AvgIpc) is 2.67. The molecule has 0 fully saturated rings. The molecule has 0 aliphatic rings. The third-order valence-corrected chi connectivity index (χ3v) is 3.68. The van der Waals surface area contributed by atoms with Gasteiger partial charge in [0.1, 0.15) is 5.71 Å². The third kappa shape index (κ3) is 8.12. The van der Waals surface area contributed by atoms with Crippen LogP contribution in [0.4, 0.5) is 13.2 Å². The van der Waals surface area contributed by atoms with Crippen molar-refractivity contribution >= 4 is 17.3 Å². The summed E-state index contributed by atoms with van der Waals surface area (Å²) in [6.07, 6.45) is 6.20. The Bertz CT molecular complexity index is 717. The largest absolute Gasteiger partial charge is 0.433 e. The van der Waals surface area contributed by atoms with Crippen LogP contribution in [0.2, 0.25) is 0 Å². The number of amides is 1. The summed E-state index contributed by atoms with van der Waals surface area (Å²) in [7, 11) is 0. The zero-order valence-electron chi connectivity index (χ0n) is 16.1. The molecule has 1 amide bonds. The third-order valence-electron chi connectivity index (χ3n) is 3.68. The van der Waals surface area contributed by atoms with Gasteiger partial charge in [-0.3, -0.25) is 10.2 Å². The molecule has 4 nitrogen and oxygen atoms in total. The molecule has 3 N–H and O–H groups in total. The molecule has 0 aromatic heterocycles. The maximum Gasteiger partial charge on any atom is 0.433 e. The molecule has 0 saturated heterocycles. The van der Waals surface area contributed by atoms with Crippen LogP contribution in [0.25, 0.3) is 5.70 Å². The Kier molecular flexibility index (Phi) is 11.1. The van der Waals surface area contributed by atoms with Gasteiger partial charge in [-0.05, 0) is 24.5 Å². The van der Waals surface area contributed by atoms with Crippen molar-refractivity contribution in [1.29, 1.82) is 5.41 Å². The van der Waals surface area contributed by atoms with Crippen molar-refractivity contribution in [3.8, 4) is 12.8 Å². The van der Waals surface area contributed by atoms with Gasteiger partial charge in [0.15, 0.2) is 0 Å². The number of terminal acetylenes is 1. The van der Waals surface area contributed by atoms with Crippen LogP contribution in [0, 0.1) is 18.3 Å². The molecule has 0 unspecified atom stereocenters. The number of halogens is 3. The Hall–Kier alpha value is -3.01. The summed E-state index contributed by atoms with van der Waals surface area (Å²) in [6.45, 7) is 7.72. The number of benzene rings is 1. The average molecular weight is 393 g/mol. The lowest BCUT2D eigenvalue weighted by atomic mass is 10.1. The summed E-state index contributed by atoms with van der Waals surface area (Å²) in [4.78, 5) is 11.8. The van der Waals surface area contributed by atoms with Gasteiger partial charge < -0.3 is 10.6 Å². The second-order valence-corrected chi connectivity index (χ2v) is 5.68. The lowest BCUT2D eigenvalue weighted by molar-refractivity contribution is -0.117. The first-order chi connectivity index (χ1) is 13.2. The molecule has 28 heavy (non-hydrogen) atoms. The van der Waals surface area contributed by atoms with Gasteiger partial charge in [-0.25, -0.2) is 0 Å². The fraction of sp³-hybridized carbons (Fsp3) is 0.333. The van der Waals surface area contributed by atoms with E-state index in [1.807, 2.05) is 24.3 Å². The first-order valence-electron chi connectivity index (χ1n) is 8.66. The van der Waals surface area contributed by atoms with Crippen molar-refractivity contribution in [1.82, 2.24) is 10.6 Å². The summed E-state index contributed by atoms with van der Waals surface area (Å²) in [5, 5.41) is 12.4. The highest BCUT2D eigenvalue weighted by molar-refractivity contribution is 6.22. The molecule has 0 bridgehead atoms. The second kappa shape index (κ2) is 12.4. The monoisotopic (exact) mass is 393 g/mol. The summed E-state index contributed by atoms with van der Waals surface area (Å²) in [5.41, 5.74) is 0.466. The number of carbonyl (C=O) groups is 1. The Labute approximate surface area is 164 Å². The minimum Gasteiger partial charge on any atom is -0.383 e. The summed E-state index contributed by atoms with van der Waals surface area (Å²) >= 11 is 0. The highest BCUT2D eigenvalue weighted by atomic mass is 19.4. The van der Waals surface area contributed by atoms with Gasteiger partial charge in [-0.15, -0.1) is 12.8 Å². The number of rotatable bonds is 9. The van der Waals surface area contributed by atoms with E-state index in [0.29, 0.717) is 12.2 Å². The molecule has 0 atom stereocenters. The minimum absolute atomic E-state index is 0.105. The molecular weight excluding hydrogens is 367 g/mol. The Morgan fingerprint density at radius 3 is 2.18 bits per heavy atom. The number of allylic oxidation sites excluding steroid dienone is 1. The van der Waals surface area contributed by atoms with E-state index in [0.717, 1.165) is 24.5 Å².